The van der Waals surface area contributed by atoms with Crippen LogP contribution in [-0.2, 0) is 20.9 Å². The molecule has 1 aliphatic rings. The third kappa shape index (κ3) is 5.31. The number of para-hydroxylation sites is 1. The van der Waals surface area contributed by atoms with Crippen LogP contribution in [0.15, 0.2) is 84.6 Å². The first kappa shape index (κ1) is 26.6. The van der Waals surface area contributed by atoms with Crippen LogP contribution in [0.25, 0.3) is 17.0 Å². The molecule has 0 spiro atoms. The Morgan fingerprint density at radius 3 is 2.23 bits per heavy atom. The van der Waals surface area contributed by atoms with Gasteiger partial charge in [0.25, 0.3) is 11.8 Å². The molecular formula is C29H22Cl2N4O3S. The quantitative estimate of drug-likeness (QED) is 0.170. The number of carbonyl (C=O) groups excluding carboxylic acids is 3. The highest BCUT2D eigenvalue weighted by Crippen LogP contribution is 2.30. The number of benzene rings is 3. The number of likely N-dealkylation sites (N-methyl/N-ethyl adjacent to an activating group) is 1. The summed E-state index contributed by atoms with van der Waals surface area (Å²) >= 11 is 17.5. The zero-order chi connectivity index (χ0) is 27.7. The highest BCUT2D eigenvalue weighted by Gasteiger charge is 2.39. The van der Waals surface area contributed by atoms with Gasteiger partial charge in [0.2, 0.25) is 5.91 Å². The molecule has 1 saturated heterocycles. The van der Waals surface area contributed by atoms with E-state index in [0.717, 1.165) is 10.9 Å². The molecule has 1 fully saturated rings. The smallest absolute Gasteiger partial charge is 0.270 e. The van der Waals surface area contributed by atoms with Gasteiger partial charge in [-0.3, -0.25) is 24.2 Å². The summed E-state index contributed by atoms with van der Waals surface area (Å²) in [5, 5.41) is 4.84. The Bertz CT molecular complexity index is 1650. The van der Waals surface area contributed by atoms with E-state index >= 15 is 0 Å². The second kappa shape index (κ2) is 11.0. The van der Waals surface area contributed by atoms with E-state index in [0.29, 0.717) is 33.5 Å². The Morgan fingerprint density at radius 2 is 1.56 bits per heavy atom. The van der Waals surface area contributed by atoms with Crippen molar-refractivity contribution in [3.8, 4) is 0 Å². The monoisotopic (exact) mass is 576 g/mol. The van der Waals surface area contributed by atoms with Crippen molar-refractivity contribution in [1.29, 1.82) is 0 Å². The summed E-state index contributed by atoms with van der Waals surface area (Å²) in [5.41, 5.74) is 2.51. The van der Waals surface area contributed by atoms with E-state index in [1.54, 1.807) is 72.3 Å². The van der Waals surface area contributed by atoms with Crippen LogP contribution in [-0.4, -0.2) is 38.8 Å². The molecule has 4 aromatic rings. The van der Waals surface area contributed by atoms with Gasteiger partial charge in [-0.25, -0.2) is 0 Å². The second-order valence-corrected chi connectivity index (χ2v) is 10.0. The second-order valence-electron chi connectivity index (χ2n) is 8.79. The first-order valence-corrected chi connectivity index (χ1v) is 13.2. The highest BCUT2D eigenvalue weighted by molar-refractivity contribution is 7.80. The van der Waals surface area contributed by atoms with Gasteiger partial charge in [-0.2, -0.15) is 0 Å². The topological polar surface area (TPSA) is 74.6 Å². The Labute approximate surface area is 240 Å². The first-order chi connectivity index (χ1) is 18.8. The van der Waals surface area contributed by atoms with E-state index in [1.165, 1.54) is 9.80 Å². The van der Waals surface area contributed by atoms with Crippen molar-refractivity contribution in [2.24, 2.45) is 0 Å². The number of amides is 3. The summed E-state index contributed by atoms with van der Waals surface area (Å²) in [6, 6.07) is 21.0. The minimum Gasteiger partial charge on any atom is -0.337 e. The average molecular weight is 577 g/mol. The lowest BCUT2D eigenvalue weighted by Gasteiger charge is -2.36. The molecule has 1 N–H and O–H groups in total. The molecule has 3 aromatic carbocycles. The van der Waals surface area contributed by atoms with E-state index in [9.17, 15) is 14.4 Å². The Balaban J connectivity index is 1.51. The lowest BCUT2D eigenvalue weighted by molar-refractivity contribution is -0.127. The molecule has 0 saturated carbocycles. The number of anilines is 2. The Morgan fingerprint density at radius 1 is 0.923 bits per heavy atom. The summed E-state index contributed by atoms with van der Waals surface area (Å²) < 4.78 is 1.78. The number of nitrogens with zero attached hydrogens (tertiary/aromatic N) is 3. The van der Waals surface area contributed by atoms with Crippen molar-refractivity contribution >= 4 is 86.6 Å². The van der Waals surface area contributed by atoms with Crippen LogP contribution in [0.5, 0.6) is 0 Å². The molecule has 0 unspecified atom stereocenters. The van der Waals surface area contributed by atoms with Gasteiger partial charge in [0.15, 0.2) is 5.11 Å². The van der Waals surface area contributed by atoms with Gasteiger partial charge < -0.3 is 9.88 Å². The average Bonchev–Trinajstić information content (AvgIpc) is 3.26. The summed E-state index contributed by atoms with van der Waals surface area (Å²) in [6.07, 6.45) is 3.32. The largest absolute Gasteiger partial charge is 0.337 e. The van der Waals surface area contributed by atoms with Gasteiger partial charge in [0.1, 0.15) is 12.1 Å². The Hall–Kier alpha value is -3.98. The van der Waals surface area contributed by atoms with E-state index < -0.39 is 11.8 Å². The molecule has 5 rings (SSSR count). The number of halogens is 2. The lowest BCUT2D eigenvalue weighted by atomic mass is 10.1. The number of fused-ring (bicyclic) bond motifs is 1. The fourth-order valence-electron chi connectivity index (χ4n) is 4.44. The van der Waals surface area contributed by atoms with Crippen molar-refractivity contribution in [3.05, 3.63) is 100 Å². The molecule has 0 radical (unpaired) electrons. The first-order valence-electron chi connectivity index (χ1n) is 12.1. The maximum absolute atomic E-state index is 13.7. The van der Waals surface area contributed by atoms with Crippen LogP contribution >= 0.6 is 35.4 Å². The van der Waals surface area contributed by atoms with Gasteiger partial charge in [-0.05, 0) is 79.8 Å². The van der Waals surface area contributed by atoms with Crippen molar-refractivity contribution in [1.82, 2.24) is 9.47 Å². The third-order valence-electron chi connectivity index (χ3n) is 6.29. The van der Waals surface area contributed by atoms with Crippen LogP contribution in [0.4, 0.5) is 11.4 Å². The number of hydrogen-bond donors (Lipinski definition) is 1. The fraction of sp³-hybridized carbons (Fsp3) is 0.103. The van der Waals surface area contributed by atoms with Crippen molar-refractivity contribution < 1.29 is 14.4 Å². The highest BCUT2D eigenvalue weighted by atomic mass is 35.5. The normalized spacial score (nSPS) is 14.9. The lowest BCUT2D eigenvalue weighted by Crippen LogP contribution is -2.56. The number of hydrogen-bond acceptors (Lipinski definition) is 4. The molecule has 1 aromatic heterocycles. The minimum absolute atomic E-state index is 0.0241. The number of rotatable bonds is 6. The van der Waals surface area contributed by atoms with E-state index in [-0.39, 0.29) is 23.1 Å². The molecule has 7 nitrogen and oxygen atoms in total. The molecule has 0 aliphatic carbocycles. The number of aromatic nitrogens is 1. The van der Waals surface area contributed by atoms with Crippen LogP contribution in [0.1, 0.15) is 12.5 Å². The molecule has 196 valence electrons. The van der Waals surface area contributed by atoms with Crippen LogP contribution in [0.3, 0.4) is 0 Å². The number of nitrogens with one attached hydrogen (secondary N) is 1. The Kier molecular flexibility index (Phi) is 7.52. The van der Waals surface area contributed by atoms with Crippen LogP contribution in [0.2, 0.25) is 10.0 Å². The molecule has 39 heavy (non-hydrogen) atoms. The van der Waals surface area contributed by atoms with Crippen molar-refractivity contribution in [2.45, 2.75) is 13.5 Å². The summed E-state index contributed by atoms with van der Waals surface area (Å²) in [7, 11) is 0. The van der Waals surface area contributed by atoms with Gasteiger partial charge >= 0.3 is 0 Å². The number of carbonyl (C=O) groups is 3. The number of thiocarbonyl (C=S) groups is 1. The molecular weight excluding hydrogens is 555 g/mol. The molecule has 3 amide bonds. The van der Waals surface area contributed by atoms with Crippen molar-refractivity contribution in [3.63, 3.8) is 0 Å². The van der Waals surface area contributed by atoms with E-state index in [2.05, 4.69) is 5.32 Å². The predicted molar refractivity (Wildman–Crippen MR) is 159 cm³/mol. The fourth-order valence-corrected chi connectivity index (χ4v) is 5.09. The van der Waals surface area contributed by atoms with Gasteiger partial charge in [-0.15, -0.1) is 0 Å². The molecule has 10 heteroatoms. The predicted octanol–water partition coefficient (Wildman–Crippen LogP) is 6.15. The minimum atomic E-state index is -0.533. The molecule has 1 aliphatic heterocycles. The van der Waals surface area contributed by atoms with E-state index in [4.69, 9.17) is 35.4 Å². The van der Waals surface area contributed by atoms with Crippen LogP contribution < -0.4 is 10.2 Å². The summed E-state index contributed by atoms with van der Waals surface area (Å²) in [4.78, 5) is 42.6. The maximum atomic E-state index is 13.7. The molecule has 0 atom stereocenters. The molecule has 0 bridgehead atoms. The van der Waals surface area contributed by atoms with Gasteiger partial charge in [-0.1, -0.05) is 41.4 Å². The zero-order valence-corrected chi connectivity index (χ0v) is 23.1. The van der Waals surface area contributed by atoms with Crippen LogP contribution in [0, 0.1) is 0 Å². The maximum Gasteiger partial charge on any atom is 0.270 e. The molecule has 2 heterocycles. The zero-order valence-electron chi connectivity index (χ0n) is 20.7. The third-order valence-corrected chi connectivity index (χ3v) is 7.20. The van der Waals surface area contributed by atoms with Gasteiger partial charge in [0, 0.05) is 44.9 Å². The standard InChI is InChI=1S/C29H22Cl2N4O3S/c1-2-34-27(37)24(28(38)35(29(34)39)22-13-9-20(31)10-14-22)15-18-16-33(25-6-4-3-5-23(18)25)17-26(36)32-21-11-7-19(30)8-12-21/h3-16H,2,17H2,1H3,(H,32,36)/b24-15+. The van der Waals surface area contributed by atoms with Crippen molar-refractivity contribution in [2.75, 3.05) is 16.8 Å². The van der Waals surface area contributed by atoms with E-state index in [1.807, 2.05) is 24.3 Å². The summed E-state index contributed by atoms with van der Waals surface area (Å²) in [5.74, 6) is -1.25. The summed E-state index contributed by atoms with van der Waals surface area (Å²) in [6.45, 7) is 2.11. The van der Waals surface area contributed by atoms with Gasteiger partial charge in [0.05, 0.1) is 5.69 Å². The SMILES string of the molecule is CCN1C(=O)/C(=C\c2cn(CC(=O)Nc3ccc(Cl)cc3)c3ccccc23)C(=O)N(c2ccc(Cl)cc2)C1=S.